The smallest absolute Gasteiger partial charge is 0.358 e. The van der Waals surface area contributed by atoms with Crippen LogP contribution in [0.2, 0.25) is 0 Å². The van der Waals surface area contributed by atoms with Crippen LogP contribution in [-0.4, -0.2) is 23.1 Å². The van der Waals surface area contributed by atoms with Gasteiger partial charge >= 0.3 is 23.1 Å². The summed E-state index contributed by atoms with van der Waals surface area (Å²) in [6.07, 6.45) is 0. The van der Waals surface area contributed by atoms with Crippen LogP contribution in [-0.2, 0) is 0 Å². The van der Waals surface area contributed by atoms with Gasteiger partial charge in [-0.05, 0) is 0 Å². The second-order valence-electron chi connectivity index (χ2n) is 1.49. The fraction of sp³-hybridized carbons (Fsp3) is 0. The molecular formula is C7H5F3Mg. The Balaban J connectivity index is 0. The molecule has 1 rings (SSSR count). The van der Waals surface area contributed by atoms with Crippen LogP contribution in [0.1, 0.15) is 0 Å². The van der Waals surface area contributed by atoms with Crippen LogP contribution in [0.4, 0.5) is 13.2 Å². The minimum absolute atomic E-state index is 0. The molecule has 0 heterocycles. The fourth-order valence-electron chi connectivity index (χ4n) is 0.470. The first kappa shape index (κ1) is 13.4. The molecule has 0 N–H and O–H groups in total. The second kappa shape index (κ2) is 5.43. The number of benzene rings is 1. The van der Waals surface area contributed by atoms with E-state index in [2.05, 4.69) is 0 Å². The van der Waals surface area contributed by atoms with Crippen LogP contribution < -0.4 is 0 Å². The fourth-order valence-corrected chi connectivity index (χ4v) is 0.470. The summed E-state index contributed by atoms with van der Waals surface area (Å²) in [7, 11) is 0. The SMILES string of the molecule is Fc1[c-]c(F)cc(F)c1.[CH3-].[Mg+2]. The topological polar surface area (TPSA) is 0 Å². The molecule has 0 atom stereocenters. The van der Waals surface area contributed by atoms with E-state index in [1.54, 1.807) is 6.07 Å². The van der Waals surface area contributed by atoms with Crippen molar-refractivity contribution in [1.29, 1.82) is 0 Å². The van der Waals surface area contributed by atoms with Crippen molar-refractivity contribution in [3.05, 3.63) is 43.1 Å². The maximum absolute atomic E-state index is 11.9. The third kappa shape index (κ3) is 4.26. The van der Waals surface area contributed by atoms with Crippen molar-refractivity contribution in [3.63, 3.8) is 0 Å². The summed E-state index contributed by atoms with van der Waals surface area (Å²) < 4.78 is 35.7. The van der Waals surface area contributed by atoms with Crippen molar-refractivity contribution in [2.24, 2.45) is 0 Å². The molecule has 0 saturated heterocycles. The van der Waals surface area contributed by atoms with Crippen LogP contribution in [0.15, 0.2) is 12.1 Å². The molecule has 0 aromatic heterocycles. The maximum atomic E-state index is 11.9. The molecule has 0 spiro atoms. The third-order valence-electron chi connectivity index (χ3n) is 0.768. The molecule has 4 heteroatoms. The van der Waals surface area contributed by atoms with Gasteiger partial charge in [-0.2, -0.15) is 0 Å². The van der Waals surface area contributed by atoms with Gasteiger partial charge in [0.25, 0.3) is 0 Å². The number of rotatable bonds is 0. The molecule has 0 aliphatic rings. The third-order valence-corrected chi connectivity index (χ3v) is 0.768. The Hall–Kier alpha value is -0.224. The summed E-state index contributed by atoms with van der Waals surface area (Å²) in [5.74, 6) is -2.97. The largest absolute Gasteiger partial charge is 2.00 e. The van der Waals surface area contributed by atoms with E-state index < -0.39 is 17.5 Å². The zero-order chi connectivity index (χ0) is 6.85. The van der Waals surface area contributed by atoms with Gasteiger partial charge in [-0.1, -0.05) is 0 Å². The van der Waals surface area contributed by atoms with E-state index in [1.165, 1.54) is 0 Å². The molecule has 1 aromatic rings. The van der Waals surface area contributed by atoms with Crippen molar-refractivity contribution < 1.29 is 13.2 Å². The normalized spacial score (nSPS) is 7.91. The predicted molar refractivity (Wildman–Crippen MR) is 37.3 cm³/mol. The van der Waals surface area contributed by atoms with Gasteiger partial charge in [0.15, 0.2) is 0 Å². The summed E-state index contributed by atoms with van der Waals surface area (Å²) >= 11 is 0. The van der Waals surface area contributed by atoms with Crippen LogP contribution in [0, 0.1) is 30.9 Å². The minimum Gasteiger partial charge on any atom is -0.358 e. The Bertz CT molecular complexity index is 174. The molecule has 0 nitrogen and oxygen atoms in total. The first-order chi connectivity index (χ1) is 4.18. The van der Waals surface area contributed by atoms with Crippen molar-refractivity contribution in [1.82, 2.24) is 0 Å². The standard InChI is InChI=1S/C6H2F3.CH3.Mg/c7-4-1-5(8)3-6(9)2-4;;/h1-2H;1H3;/q2*-1;+2. The Labute approximate surface area is 79.6 Å². The molecule has 0 amide bonds. The van der Waals surface area contributed by atoms with Crippen molar-refractivity contribution in [3.8, 4) is 0 Å². The monoisotopic (exact) mass is 170 g/mol. The zero-order valence-electron chi connectivity index (χ0n) is 6.00. The molecule has 0 fully saturated rings. The number of halogens is 3. The van der Waals surface area contributed by atoms with Gasteiger partial charge in [-0.3, -0.25) is 0 Å². The molecule has 0 radical (unpaired) electrons. The Kier molecular flexibility index (Phi) is 6.60. The van der Waals surface area contributed by atoms with Crippen molar-refractivity contribution in [2.75, 3.05) is 0 Å². The van der Waals surface area contributed by atoms with Gasteiger partial charge in [0, 0.05) is 17.5 Å². The van der Waals surface area contributed by atoms with Crippen molar-refractivity contribution in [2.45, 2.75) is 0 Å². The van der Waals surface area contributed by atoms with Crippen molar-refractivity contribution >= 4 is 23.1 Å². The van der Waals surface area contributed by atoms with Crippen LogP contribution >= 0.6 is 0 Å². The van der Waals surface area contributed by atoms with E-state index in [0.717, 1.165) is 0 Å². The molecule has 0 aliphatic heterocycles. The van der Waals surface area contributed by atoms with E-state index in [1.807, 2.05) is 0 Å². The molecule has 1 aromatic carbocycles. The Morgan fingerprint density at radius 1 is 1.00 bits per heavy atom. The number of hydrogen-bond acceptors (Lipinski definition) is 0. The summed E-state index contributed by atoms with van der Waals surface area (Å²) in [6, 6.07) is 2.75. The quantitative estimate of drug-likeness (QED) is 0.412. The summed E-state index contributed by atoms with van der Waals surface area (Å²) in [5.41, 5.74) is 0. The van der Waals surface area contributed by atoms with E-state index in [-0.39, 0.29) is 30.5 Å². The van der Waals surface area contributed by atoms with Gasteiger partial charge in [0.05, 0.1) is 0 Å². The van der Waals surface area contributed by atoms with Gasteiger partial charge < -0.3 is 7.43 Å². The Morgan fingerprint density at radius 2 is 1.36 bits per heavy atom. The molecule has 0 unspecified atom stereocenters. The summed E-state index contributed by atoms with van der Waals surface area (Å²) in [6.45, 7) is 0. The van der Waals surface area contributed by atoms with E-state index >= 15 is 0 Å². The first-order valence-corrected chi connectivity index (χ1v) is 2.22. The van der Waals surface area contributed by atoms with Crippen LogP contribution in [0.3, 0.4) is 0 Å². The second-order valence-corrected chi connectivity index (χ2v) is 1.49. The predicted octanol–water partition coefficient (Wildman–Crippen LogP) is 1.97. The molecule has 0 saturated carbocycles. The van der Waals surface area contributed by atoms with Gasteiger partial charge in [-0.25, -0.2) is 13.2 Å². The molecular weight excluding hydrogens is 165 g/mol. The zero-order valence-corrected chi connectivity index (χ0v) is 7.41. The number of hydrogen-bond donors (Lipinski definition) is 0. The van der Waals surface area contributed by atoms with E-state index in [4.69, 9.17) is 0 Å². The van der Waals surface area contributed by atoms with Gasteiger partial charge in [0.1, 0.15) is 0 Å². The van der Waals surface area contributed by atoms with Gasteiger partial charge in [0.2, 0.25) is 0 Å². The Morgan fingerprint density at radius 3 is 1.64 bits per heavy atom. The average Bonchev–Trinajstić information content (AvgIpc) is 1.59. The molecule has 56 valence electrons. The molecule has 0 aliphatic carbocycles. The average molecular weight is 170 g/mol. The van der Waals surface area contributed by atoms with Gasteiger partial charge in [-0.15, -0.1) is 18.2 Å². The first-order valence-electron chi connectivity index (χ1n) is 2.22. The molecule has 11 heavy (non-hydrogen) atoms. The van der Waals surface area contributed by atoms with Crippen LogP contribution in [0.25, 0.3) is 0 Å². The van der Waals surface area contributed by atoms with E-state index in [9.17, 15) is 13.2 Å². The van der Waals surface area contributed by atoms with E-state index in [0.29, 0.717) is 12.1 Å². The van der Waals surface area contributed by atoms with Crippen LogP contribution in [0.5, 0.6) is 0 Å². The summed E-state index contributed by atoms with van der Waals surface area (Å²) in [5, 5.41) is 0. The molecule has 0 bridgehead atoms. The minimum atomic E-state index is -1.02. The summed E-state index contributed by atoms with van der Waals surface area (Å²) in [4.78, 5) is 0. The maximum Gasteiger partial charge on any atom is 2.00 e.